The van der Waals surface area contributed by atoms with E-state index in [0.717, 1.165) is 4.88 Å². The Hall–Kier alpha value is -2.14. The number of ether oxygens (including phenoxy) is 1. The summed E-state index contributed by atoms with van der Waals surface area (Å²) in [6.07, 6.45) is 0.988. The molecule has 0 bridgehead atoms. The van der Waals surface area contributed by atoms with Crippen molar-refractivity contribution in [2.24, 2.45) is 0 Å². The second kappa shape index (κ2) is 7.75. The first-order valence-electron chi connectivity index (χ1n) is 6.94. The molecule has 0 radical (unpaired) electrons. The van der Waals surface area contributed by atoms with Gasteiger partial charge in [-0.2, -0.15) is 0 Å². The van der Waals surface area contributed by atoms with Crippen LogP contribution >= 0.6 is 11.3 Å². The van der Waals surface area contributed by atoms with Crippen LogP contribution in [-0.2, 0) is 11.3 Å². The van der Waals surface area contributed by atoms with Gasteiger partial charge >= 0.3 is 0 Å². The summed E-state index contributed by atoms with van der Waals surface area (Å²) < 4.78 is 18.7. The van der Waals surface area contributed by atoms with Crippen molar-refractivity contribution in [3.05, 3.63) is 65.1 Å². The van der Waals surface area contributed by atoms with Crippen molar-refractivity contribution in [1.29, 1.82) is 0 Å². The molecule has 0 saturated carbocycles. The summed E-state index contributed by atoms with van der Waals surface area (Å²) in [4.78, 5) is 15.3. The fraction of sp³-hybridized carbons (Fsp3) is 0.235. The van der Waals surface area contributed by atoms with Gasteiger partial charge in [0, 0.05) is 17.5 Å². The van der Waals surface area contributed by atoms with Gasteiger partial charge in [-0.3, -0.25) is 4.79 Å². The van der Waals surface area contributed by atoms with Crippen LogP contribution < -0.4 is 4.74 Å². The number of carbonyl (C=O) groups is 1. The third-order valence-electron chi connectivity index (χ3n) is 3.04. The number of rotatable bonds is 7. The molecule has 0 N–H and O–H groups in total. The number of hydrogen-bond donors (Lipinski definition) is 0. The average Bonchev–Trinajstić information content (AvgIpc) is 2.99. The molecule has 1 aromatic heterocycles. The summed E-state index contributed by atoms with van der Waals surface area (Å²) in [5.41, 5.74) is 0. The summed E-state index contributed by atoms with van der Waals surface area (Å²) in [7, 11) is 0. The number of carbonyl (C=O) groups excluding carboxylic acids is 1. The predicted molar refractivity (Wildman–Crippen MR) is 86.4 cm³/mol. The first-order valence-corrected chi connectivity index (χ1v) is 7.82. The van der Waals surface area contributed by atoms with Crippen LogP contribution in [0.4, 0.5) is 4.39 Å². The SMILES string of the molecule is C=CCN(Cc1cccs1)C(=O)C(C)Oc1cccc(F)c1. The minimum atomic E-state index is -0.693. The Balaban J connectivity index is 2.03. The number of nitrogens with zero attached hydrogens (tertiary/aromatic N) is 1. The van der Waals surface area contributed by atoms with E-state index in [1.807, 2.05) is 17.5 Å². The quantitative estimate of drug-likeness (QED) is 0.725. The Kier molecular flexibility index (Phi) is 5.72. The molecule has 22 heavy (non-hydrogen) atoms. The van der Waals surface area contributed by atoms with E-state index >= 15 is 0 Å². The van der Waals surface area contributed by atoms with Gasteiger partial charge in [0.1, 0.15) is 11.6 Å². The second-order valence-corrected chi connectivity index (χ2v) is 5.84. The molecule has 2 aromatic rings. The molecule has 1 aromatic carbocycles. The van der Waals surface area contributed by atoms with Crippen molar-refractivity contribution >= 4 is 17.2 Å². The lowest BCUT2D eigenvalue weighted by atomic mass is 10.3. The normalized spacial score (nSPS) is 11.7. The minimum absolute atomic E-state index is 0.155. The zero-order valence-corrected chi connectivity index (χ0v) is 13.2. The van der Waals surface area contributed by atoms with Gasteiger partial charge in [-0.1, -0.05) is 18.2 Å². The molecule has 5 heteroatoms. The first-order chi connectivity index (χ1) is 10.6. The van der Waals surface area contributed by atoms with E-state index in [1.165, 1.54) is 12.1 Å². The van der Waals surface area contributed by atoms with E-state index < -0.39 is 11.9 Å². The highest BCUT2D eigenvalue weighted by molar-refractivity contribution is 7.09. The van der Waals surface area contributed by atoms with Gasteiger partial charge < -0.3 is 9.64 Å². The third kappa shape index (κ3) is 4.43. The fourth-order valence-corrected chi connectivity index (χ4v) is 2.75. The lowest BCUT2D eigenvalue weighted by Crippen LogP contribution is -2.40. The fourth-order valence-electron chi connectivity index (χ4n) is 2.03. The predicted octanol–water partition coefficient (Wildman–Crippen LogP) is 3.87. The van der Waals surface area contributed by atoms with Crippen LogP contribution in [0.2, 0.25) is 0 Å². The van der Waals surface area contributed by atoms with E-state index in [-0.39, 0.29) is 5.91 Å². The van der Waals surface area contributed by atoms with Gasteiger partial charge in [0.05, 0.1) is 6.54 Å². The maximum Gasteiger partial charge on any atom is 0.263 e. The van der Waals surface area contributed by atoms with Crippen molar-refractivity contribution in [2.75, 3.05) is 6.54 Å². The van der Waals surface area contributed by atoms with E-state index in [9.17, 15) is 9.18 Å². The van der Waals surface area contributed by atoms with Crippen molar-refractivity contribution in [3.63, 3.8) is 0 Å². The van der Waals surface area contributed by atoms with E-state index in [4.69, 9.17) is 4.74 Å². The van der Waals surface area contributed by atoms with E-state index in [1.54, 1.807) is 41.4 Å². The highest BCUT2D eigenvalue weighted by Crippen LogP contribution is 2.17. The third-order valence-corrected chi connectivity index (χ3v) is 3.91. The number of halogens is 1. The average molecular weight is 319 g/mol. The summed E-state index contributed by atoms with van der Waals surface area (Å²) >= 11 is 1.59. The summed E-state index contributed by atoms with van der Waals surface area (Å²) in [6, 6.07) is 9.70. The second-order valence-electron chi connectivity index (χ2n) is 4.80. The Morgan fingerprint density at radius 1 is 1.45 bits per heavy atom. The molecule has 0 aliphatic heterocycles. The molecule has 1 heterocycles. The Morgan fingerprint density at radius 3 is 2.91 bits per heavy atom. The van der Waals surface area contributed by atoms with Crippen LogP contribution in [0.15, 0.2) is 54.4 Å². The molecule has 0 saturated heterocycles. The van der Waals surface area contributed by atoms with Gasteiger partial charge in [-0.15, -0.1) is 17.9 Å². The standard InChI is InChI=1S/C17H18FNO2S/c1-3-9-19(12-16-8-5-10-22-16)17(20)13(2)21-15-7-4-6-14(18)11-15/h3-8,10-11,13H,1,9,12H2,2H3. The molecule has 1 amide bonds. The number of thiophene rings is 1. The highest BCUT2D eigenvalue weighted by Gasteiger charge is 2.22. The zero-order valence-electron chi connectivity index (χ0n) is 12.4. The van der Waals surface area contributed by atoms with Crippen LogP contribution in [-0.4, -0.2) is 23.5 Å². The van der Waals surface area contributed by atoms with Crippen molar-refractivity contribution in [3.8, 4) is 5.75 Å². The first kappa shape index (κ1) is 16.2. The maximum atomic E-state index is 13.2. The van der Waals surface area contributed by atoms with Gasteiger partial charge in [-0.25, -0.2) is 4.39 Å². The Morgan fingerprint density at radius 2 is 2.27 bits per heavy atom. The maximum absolute atomic E-state index is 13.2. The molecular weight excluding hydrogens is 301 g/mol. The van der Waals surface area contributed by atoms with Gasteiger partial charge in [-0.05, 0) is 30.5 Å². The van der Waals surface area contributed by atoms with Crippen LogP contribution in [0.1, 0.15) is 11.8 Å². The molecule has 0 aliphatic carbocycles. The molecular formula is C17H18FNO2S. The van der Waals surface area contributed by atoms with Crippen LogP contribution in [0.5, 0.6) is 5.75 Å². The largest absolute Gasteiger partial charge is 0.481 e. The van der Waals surface area contributed by atoms with Crippen molar-refractivity contribution in [1.82, 2.24) is 4.90 Å². The Labute approximate surface area is 133 Å². The highest BCUT2D eigenvalue weighted by atomic mass is 32.1. The van der Waals surface area contributed by atoms with Gasteiger partial charge in [0.25, 0.3) is 5.91 Å². The smallest absolute Gasteiger partial charge is 0.263 e. The monoisotopic (exact) mass is 319 g/mol. The molecule has 0 fully saturated rings. The molecule has 2 rings (SSSR count). The lowest BCUT2D eigenvalue weighted by molar-refractivity contribution is -0.138. The van der Waals surface area contributed by atoms with Gasteiger partial charge in [0.2, 0.25) is 0 Å². The van der Waals surface area contributed by atoms with Gasteiger partial charge in [0.15, 0.2) is 6.10 Å². The number of amides is 1. The number of benzene rings is 1. The van der Waals surface area contributed by atoms with Crippen molar-refractivity contribution < 1.29 is 13.9 Å². The van der Waals surface area contributed by atoms with Crippen LogP contribution in [0.3, 0.4) is 0 Å². The molecule has 0 aliphatic rings. The molecule has 3 nitrogen and oxygen atoms in total. The van der Waals surface area contributed by atoms with Crippen molar-refractivity contribution in [2.45, 2.75) is 19.6 Å². The van der Waals surface area contributed by atoms with Crippen LogP contribution in [0.25, 0.3) is 0 Å². The van der Waals surface area contributed by atoms with Crippen LogP contribution in [0, 0.1) is 5.82 Å². The Bertz CT molecular complexity index is 627. The zero-order chi connectivity index (χ0) is 15.9. The van der Waals surface area contributed by atoms with E-state index in [0.29, 0.717) is 18.8 Å². The molecule has 1 unspecified atom stereocenters. The van der Waals surface area contributed by atoms with E-state index in [2.05, 4.69) is 6.58 Å². The summed E-state index contributed by atoms with van der Waals surface area (Å²) in [5, 5.41) is 1.97. The number of hydrogen-bond acceptors (Lipinski definition) is 3. The summed E-state index contributed by atoms with van der Waals surface area (Å²) in [5.74, 6) is -0.202. The topological polar surface area (TPSA) is 29.5 Å². The lowest BCUT2D eigenvalue weighted by Gasteiger charge is -2.24. The molecule has 0 spiro atoms. The molecule has 1 atom stereocenters. The minimum Gasteiger partial charge on any atom is -0.481 e. The summed E-state index contributed by atoms with van der Waals surface area (Å²) in [6.45, 7) is 6.30. The molecule has 116 valence electrons.